The van der Waals surface area contributed by atoms with Crippen LogP contribution in [0.15, 0.2) is 53.6 Å². The van der Waals surface area contributed by atoms with Gasteiger partial charge in [-0.1, -0.05) is 12.1 Å². The zero-order valence-electron chi connectivity index (χ0n) is 16.1. The second-order valence-corrected chi connectivity index (χ2v) is 6.43. The fraction of sp³-hybridized carbons (Fsp3) is 0.200. The lowest BCUT2D eigenvalue weighted by molar-refractivity contribution is -0.274. The Morgan fingerprint density at radius 2 is 1.84 bits per heavy atom. The Labute approximate surface area is 173 Å². The van der Waals surface area contributed by atoms with E-state index in [0.717, 1.165) is 22.3 Å². The number of amides is 1. The molecule has 0 bridgehead atoms. The first-order chi connectivity index (χ1) is 14.6. The SMILES string of the molecule is Cc1cccc2c(=O)n(CC(=O)OCC(=O)Nc3ccc(OC(F)(F)F)cc3)cnc12. The van der Waals surface area contributed by atoms with Gasteiger partial charge in [0.05, 0.1) is 17.2 Å². The first-order valence-electron chi connectivity index (χ1n) is 8.88. The predicted octanol–water partition coefficient (Wildman–Crippen LogP) is 2.79. The van der Waals surface area contributed by atoms with Crippen molar-refractivity contribution < 1.29 is 32.2 Å². The highest BCUT2D eigenvalue weighted by Gasteiger charge is 2.30. The molecule has 0 saturated heterocycles. The number of fused-ring (bicyclic) bond motifs is 1. The van der Waals surface area contributed by atoms with Crippen LogP contribution in [0.4, 0.5) is 18.9 Å². The Bertz CT molecular complexity index is 1170. The van der Waals surface area contributed by atoms with Gasteiger partial charge >= 0.3 is 12.3 Å². The van der Waals surface area contributed by atoms with Crippen LogP contribution in [0.25, 0.3) is 10.9 Å². The molecule has 1 aromatic heterocycles. The van der Waals surface area contributed by atoms with Crippen molar-refractivity contribution in [3.05, 3.63) is 64.7 Å². The summed E-state index contributed by atoms with van der Waals surface area (Å²) in [6.07, 6.45) is -3.59. The highest BCUT2D eigenvalue weighted by atomic mass is 19.4. The zero-order valence-corrected chi connectivity index (χ0v) is 16.1. The number of esters is 1. The number of rotatable bonds is 6. The number of halogens is 3. The smallest absolute Gasteiger partial charge is 0.454 e. The van der Waals surface area contributed by atoms with Crippen molar-refractivity contribution in [3.63, 3.8) is 0 Å². The molecule has 1 N–H and O–H groups in total. The van der Waals surface area contributed by atoms with Gasteiger partial charge in [-0.05, 0) is 42.8 Å². The van der Waals surface area contributed by atoms with E-state index in [1.54, 1.807) is 12.1 Å². The summed E-state index contributed by atoms with van der Waals surface area (Å²) in [6.45, 7) is 0.726. The number of aromatic nitrogens is 2. The van der Waals surface area contributed by atoms with Crippen LogP contribution in [0, 0.1) is 6.92 Å². The van der Waals surface area contributed by atoms with Crippen LogP contribution < -0.4 is 15.6 Å². The first kappa shape index (κ1) is 21.8. The molecule has 0 atom stereocenters. The first-order valence-corrected chi connectivity index (χ1v) is 8.88. The summed E-state index contributed by atoms with van der Waals surface area (Å²) in [4.78, 5) is 40.5. The number of carbonyl (C=O) groups excluding carboxylic acids is 2. The molecular formula is C20H16F3N3O5. The molecule has 8 nitrogen and oxygen atoms in total. The summed E-state index contributed by atoms with van der Waals surface area (Å²) in [5.41, 5.74) is 1.11. The average Bonchev–Trinajstić information content (AvgIpc) is 2.69. The van der Waals surface area contributed by atoms with Gasteiger partial charge in [-0.3, -0.25) is 19.0 Å². The Kier molecular flexibility index (Phi) is 6.23. The van der Waals surface area contributed by atoms with E-state index < -0.39 is 42.7 Å². The molecule has 3 aromatic rings. The van der Waals surface area contributed by atoms with Crippen molar-refractivity contribution in [2.24, 2.45) is 0 Å². The lowest BCUT2D eigenvalue weighted by Crippen LogP contribution is -2.28. The predicted molar refractivity (Wildman–Crippen MR) is 103 cm³/mol. The van der Waals surface area contributed by atoms with E-state index in [-0.39, 0.29) is 5.69 Å². The molecular weight excluding hydrogens is 419 g/mol. The van der Waals surface area contributed by atoms with Gasteiger partial charge in [0.15, 0.2) is 6.61 Å². The number of nitrogens with zero attached hydrogens (tertiary/aromatic N) is 2. The van der Waals surface area contributed by atoms with Crippen molar-refractivity contribution in [1.82, 2.24) is 9.55 Å². The van der Waals surface area contributed by atoms with Crippen LogP contribution >= 0.6 is 0 Å². The Hall–Kier alpha value is -3.89. The highest BCUT2D eigenvalue weighted by Crippen LogP contribution is 2.23. The van der Waals surface area contributed by atoms with Crippen LogP contribution in [0.2, 0.25) is 0 Å². The van der Waals surface area contributed by atoms with E-state index in [4.69, 9.17) is 4.74 Å². The molecule has 0 saturated carbocycles. The lowest BCUT2D eigenvalue weighted by atomic mass is 10.1. The van der Waals surface area contributed by atoms with Crippen molar-refractivity contribution in [2.45, 2.75) is 19.8 Å². The van der Waals surface area contributed by atoms with Gasteiger partial charge < -0.3 is 14.8 Å². The number of hydrogen-bond acceptors (Lipinski definition) is 6. The number of anilines is 1. The van der Waals surface area contributed by atoms with Gasteiger partial charge in [-0.15, -0.1) is 13.2 Å². The minimum Gasteiger partial charge on any atom is -0.454 e. The van der Waals surface area contributed by atoms with Crippen molar-refractivity contribution >= 4 is 28.5 Å². The summed E-state index contributed by atoms with van der Waals surface area (Å²) in [5, 5.41) is 2.71. The monoisotopic (exact) mass is 435 g/mol. The van der Waals surface area contributed by atoms with Crippen LogP contribution in [0.1, 0.15) is 5.56 Å². The van der Waals surface area contributed by atoms with Gasteiger partial charge in [0.25, 0.3) is 11.5 Å². The van der Waals surface area contributed by atoms with E-state index in [1.807, 2.05) is 13.0 Å². The molecule has 0 aliphatic rings. The molecule has 162 valence electrons. The quantitative estimate of drug-likeness (QED) is 0.598. The van der Waals surface area contributed by atoms with E-state index in [2.05, 4.69) is 15.0 Å². The van der Waals surface area contributed by atoms with Gasteiger partial charge in [0, 0.05) is 5.69 Å². The Morgan fingerprint density at radius 1 is 1.13 bits per heavy atom. The topological polar surface area (TPSA) is 99.5 Å². The fourth-order valence-corrected chi connectivity index (χ4v) is 2.72. The van der Waals surface area contributed by atoms with Crippen molar-refractivity contribution in [2.75, 3.05) is 11.9 Å². The number of carbonyl (C=O) groups is 2. The third-order valence-electron chi connectivity index (χ3n) is 4.09. The summed E-state index contributed by atoms with van der Waals surface area (Å²) in [6, 6.07) is 9.55. The molecule has 0 unspecified atom stereocenters. The van der Waals surface area contributed by atoms with E-state index in [0.29, 0.717) is 10.9 Å². The fourth-order valence-electron chi connectivity index (χ4n) is 2.72. The van der Waals surface area contributed by atoms with Crippen LogP contribution in [0.3, 0.4) is 0 Å². The maximum atomic E-state index is 12.5. The second kappa shape index (κ2) is 8.86. The van der Waals surface area contributed by atoms with Gasteiger partial charge in [0.2, 0.25) is 0 Å². The van der Waals surface area contributed by atoms with Gasteiger partial charge in [-0.25, -0.2) is 4.98 Å². The highest BCUT2D eigenvalue weighted by molar-refractivity contribution is 5.92. The van der Waals surface area contributed by atoms with E-state index >= 15 is 0 Å². The number of nitrogens with one attached hydrogen (secondary N) is 1. The second-order valence-electron chi connectivity index (χ2n) is 6.43. The molecule has 3 rings (SSSR count). The average molecular weight is 435 g/mol. The van der Waals surface area contributed by atoms with Crippen molar-refractivity contribution in [3.8, 4) is 5.75 Å². The summed E-state index contributed by atoms with van der Waals surface area (Å²) < 4.78 is 46.1. The molecule has 1 heterocycles. The maximum Gasteiger partial charge on any atom is 0.573 e. The number of alkyl halides is 3. The van der Waals surface area contributed by atoms with Crippen molar-refractivity contribution in [1.29, 1.82) is 0 Å². The summed E-state index contributed by atoms with van der Waals surface area (Å²) in [5.74, 6) is -1.99. The number of hydrogen-bond donors (Lipinski definition) is 1. The molecule has 0 radical (unpaired) electrons. The Morgan fingerprint density at radius 3 is 2.52 bits per heavy atom. The minimum atomic E-state index is -4.82. The van der Waals surface area contributed by atoms with Gasteiger partial charge in [-0.2, -0.15) is 0 Å². The minimum absolute atomic E-state index is 0.181. The molecule has 0 fully saturated rings. The van der Waals surface area contributed by atoms with Crippen LogP contribution in [-0.4, -0.2) is 34.4 Å². The third kappa shape index (κ3) is 5.81. The van der Waals surface area contributed by atoms with E-state index in [1.165, 1.54) is 18.5 Å². The molecule has 2 aromatic carbocycles. The lowest BCUT2D eigenvalue weighted by Gasteiger charge is -2.10. The molecule has 1 amide bonds. The maximum absolute atomic E-state index is 12.5. The van der Waals surface area contributed by atoms with E-state index in [9.17, 15) is 27.6 Å². The Balaban J connectivity index is 1.54. The number of benzene rings is 2. The number of ether oxygens (including phenoxy) is 2. The van der Waals surface area contributed by atoms with Crippen LogP contribution in [0.5, 0.6) is 5.75 Å². The standard InChI is InChI=1S/C20H16F3N3O5/c1-12-3-2-4-15-18(12)24-11-26(19(15)29)9-17(28)30-10-16(27)25-13-5-7-14(8-6-13)31-20(21,22)23/h2-8,11H,9-10H2,1H3,(H,25,27). The third-order valence-corrected chi connectivity index (χ3v) is 4.09. The number of para-hydroxylation sites is 1. The zero-order chi connectivity index (χ0) is 22.6. The summed E-state index contributed by atoms with van der Waals surface area (Å²) >= 11 is 0. The van der Waals surface area contributed by atoms with Gasteiger partial charge in [0.1, 0.15) is 12.3 Å². The molecule has 0 aliphatic heterocycles. The molecule has 11 heteroatoms. The molecule has 31 heavy (non-hydrogen) atoms. The van der Waals surface area contributed by atoms with Crippen LogP contribution in [-0.2, 0) is 20.9 Å². The normalized spacial score (nSPS) is 11.2. The molecule has 0 spiro atoms. The largest absolute Gasteiger partial charge is 0.573 e. The number of aryl methyl sites for hydroxylation is 1. The molecule has 0 aliphatic carbocycles. The summed E-state index contributed by atoms with van der Waals surface area (Å²) in [7, 11) is 0.